The number of anilines is 1. The van der Waals surface area contributed by atoms with Crippen LogP contribution in [-0.2, 0) is 17.3 Å². The van der Waals surface area contributed by atoms with Gasteiger partial charge < -0.3 is 19.2 Å². The maximum absolute atomic E-state index is 12.9. The predicted molar refractivity (Wildman–Crippen MR) is 106 cm³/mol. The largest absolute Gasteiger partial charge is 0.491 e. The van der Waals surface area contributed by atoms with Crippen LogP contribution in [0.3, 0.4) is 0 Å². The summed E-state index contributed by atoms with van der Waals surface area (Å²) in [5, 5.41) is 2.60. The van der Waals surface area contributed by atoms with Gasteiger partial charge in [0.25, 0.3) is 5.91 Å². The zero-order chi connectivity index (χ0) is 22.0. The number of halogens is 3. The number of hydrogen-bond acceptors (Lipinski definition) is 5. The van der Waals surface area contributed by atoms with Crippen molar-refractivity contribution in [3.05, 3.63) is 53.7 Å². The standard InChI is InChI=1S/C21H21F3N4O3/c1-2-31-17-9-19-25-14(8-13-6-7-30-12-13)10-28(19)11-16(17)27-20(29)15-4-3-5-18(26-15)21(22,23)24/h3-5,9-11,13H,2,6-8,12H2,1H3,(H,27,29). The number of rotatable bonds is 6. The summed E-state index contributed by atoms with van der Waals surface area (Å²) >= 11 is 0. The zero-order valence-electron chi connectivity index (χ0n) is 16.8. The number of carbonyl (C=O) groups is 1. The first-order valence-electron chi connectivity index (χ1n) is 9.91. The average molecular weight is 434 g/mol. The SMILES string of the molecule is CCOc1cc2nc(CC3CCOC3)cn2cc1NC(=O)c1cccc(C(F)(F)F)n1. The molecule has 0 aliphatic carbocycles. The molecule has 0 spiro atoms. The molecule has 31 heavy (non-hydrogen) atoms. The van der Waals surface area contributed by atoms with Crippen molar-refractivity contribution in [2.75, 3.05) is 25.1 Å². The van der Waals surface area contributed by atoms with E-state index in [4.69, 9.17) is 9.47 Å². The molecular weight excluding hydrogens is 413 g/mol. The summed E-state index contributed by atoms with van der Waals surface area (Å²) in [5.41, 5.74) is 0.376. The van der Waals surface area contributed by atoms with Gasteiger partial charge in [-0.3, -0.25) is 4.79 Å². The van der Waals surface area contributed by atoms with Crippen LogP contribution in [0, 0.1) is 5.92 Å². The summed E-state index contributed by atoms with van der Waals surface area (Å²) < 4.78 is 51.5. The topological polar surface area (TPSA) is 77.8 Å². The lowest BCUT2D eigenvalue weighted by Crippen LogP contribution is -2.17. The Morgan fingerprint density at radius 2 is 2.16 bits per heavy atom. The highest BCUT2D eigenvalue weighted by atomic mass is 19.4. The first kappa shape index (κ1) is 21.1. The fourth-order valence-corrected chi connectivity index (χ4v) is 3.48. The summed E-state index contributed by atoms with van der Waals surface area (Å²) in [6.45, 7) is 3.60. The van der Waals surface area contributed by atoms with Gasteiger partial charge in [0.15, 0.2) is 0 Å². The van der Waals surface area contributed by atoms with Gasteiger partial charge in [0.2, 0.25) is 0 Å². The van der Waals surface area contributed by atoms with Crippen LogP contribution in [0.4, 0.5) is 18.9 Å². The minimum atomic E-state index is -4.64. The molecule has 1 aliphatic rings. The van der Waals surface area contributed by atoms with E-state index in [-0.39, 0.29) is 5.69 Å². The van der Waals surface area contributed by atoms with Crippen molar-refractivity contribution in [2.24, 2.45) is 5.92 Å². The lowest BCUT2D eigenvalue weighted by atomic mass is 10.0. The zero-order valence-corrected chi connectivity index (χ0v) is 16.8. The number of amides is 1. The molecule has 4 rings (SSSR count). The number of imidazole rings is 1. The molecule has 3 aromatic heterocycles. The molecule has 1 aliphatic heterocycles. The summed E-state index contributed by atoms with van der Waals surface area (Å²) in [6.07, 6.45) is 0.628. The highest BCUT2D eigenvalue weighted by Crippen LogP contribution is 2.29. The number of nitrogens with one attached hydrogen (secondary N) is 1. The van der Waals surface area contributed by atoms with Crippen LogP contribution >= 0.6 is 0 Å². The van der Waals surface area contributed by atoms with Gasteiger partial charge >= 0.3 is 6.18 Å². The second-order valence-electron chi connectivity index (χ2n) is 7.28. The van der Waals surface area contributed by atoms with Gasteiger partial charge in [0, 0.05) is 31.7 Å². The second-order valence-corrected chi connectivity index (χ2v) is 7.28. The van der Waals surface area contributed by atoms with Crippen LogP contribution in [0.1, 0.15) is 35.2 Å². The van der Waals surface area contributed by atoms with Gasteiger partial charge in [-0.2, -0.15) is 13.2 Å². The summed E-state index contributed by atoms with van der Waals surface area (Å²) in [4.78, 5) is 20.6. The summed E-state index contributed by atoms with van der Waals surface area (Å²) in [6, 6.07) is 4.87. The average Bonchev–Trinajstić information content (AvgIpc) is 3.37. The Morgan fingerprint density at radius 3 is 2.87 bits per heavy atom. The maximum Gasteiger partial charge on any atom is 0.433 e. The van der Waals surface area contributed by atoms with Crippen molar-refractivity contribution in [1.82, 2.24) is 14.4 Å². The Kier molecular flexibility index (Phi) is 5.81. The number of hydrogen-bond donors (Lipinski definition) is 1. The van der Waals surface area contributed by atoms with Crippen LogP contribution in [0.2, 0.25) is 0 Å². The van der Waals surface area contributed by atoms with E-state index in [2.05, 4.69) is 15.3 Å². The first-order chi connectivity index (χ1) is 14.8. The predicted octanol–water partition coefficient (Wildman–Crippen LogP) is 3.98. The monoisotopic (exact) mass is 434 g/mol. The highest BCUT2D eigenvalue weighted by Gasteiger charge is 2.33. The third kappa shape index (κ3) is 4.79. The van der Waals surface area contributed by atoms with Crippen molar-refractivity contribution in [3.8, 4) is 5.75 Å². The number of aromatic nitrogens is 3. The first-order valence-corrected chi connectivity index (χ1v) is 9.91. The summed E-state index contributed by atoms with van der Waals surface area (Å²) in [5.74, 6) is 0.0222. The highest BCUT2D eigenvalue weighted by molar-refractivity contribution is 6.03. The number of fused-ring (bicyclic) bond motifs is 1. The van der Waals surface area contributed by atoms with Gasteiger partial charge in [-0.1, -0.05) is 6.07 Å². The molecule has 7 nitrogen and oxygen atoms in total. The van der Waals surface area contributed by atoms with Crippen LogP contribution in [0.5, 0.6) is 5.75 Å². The third-order valence-corrected chi connectivity index (χ3v) is 4.95. The lowest BCUT2D eigenvalue weighted by molar-refractivity contribution is -0.141. The Bertz CT molecular complexity index is 1090. The van der Waals surface area contributed by atoms with Crippen LogP contribution in [0.15, 0.2) is 36.7 Å². The van der Waals surface area contributed by atoms with Gasteiger partial charge in [-0.15, -0.1) is 0 Å². The molecule has 1 saturated heterocycles. The molecule has 164 valence electrons. The molecule has 1 fully saturated rings. The normalized spacial score (nSPS) is 16.6. The fourth-order valence-electron chi connectivity index (χ4n) is 3.48. The number of ether oxygens (including phenoxy) is 2. The van der Waals surface area contributed by atoms with E-state index in [0.29, 0.717) is 36.2 Å². The Hall–Kier alpha value is -3.14. The van der Waals surface area contributed by atoms with E-state index in [0.717, 1.165) is 37.3 Å². The maximum atomic E-state index is 12.9. The molecule has 4 heterocycles. The quantitative estimate of drug-likeness (QED) is 0.635. The van der Waals surface area contributed by atoms with E-state index in [1.54, 1.807) is 23.6 Å². The van der Waals surface area contributed by atoms with E-state index >= 15 is 0 Å². The molecule has 1 N–H and O–H groups in total. The molecule has 1 atom stereocenters. The number of carbonyl (C=O) groups excluding carboxylic acids is 1. The van der Waals surface area contributed by atoms with Crippen LogP contribution in [0.25, 0.3) is 5.65 Å². The minimum absolute atomic E-state index is 0.312. The van der Waals surface area contributed by atoms with Gasteiger partial charge in [-0.05, 0) is 37.8 Å². The number of pyridine rings is 2. The van der Waals surface area contributed by atoms with E-state index in [1.165, 1.54) is 6.07 Å². The van der Waals surface area contributed by atoms with Crippen molar-refractivity contribution in [3.63, 3.8) is 0 Å². The van der Waals surface area contributed by atoms with Crippen molar-refractivity contribution < 1.29 is 27.4 Å². The van der Waals surface area contributed by atoms with Crippen molar-refractivity contribution >= 4 is 17.2 Å². The van der Waals surface area contributed by atoms with Crippen molar-refractivity contribution in [2.45, 2.75) is 25.9 Å². The molecule has 0 saturated carbocycles. The number of alkyl halides is 3. The van der Waals surface area contributed by atoms with E-state index < -0.39 is 17.8 Å². The third-order valence-electron chi connectivity index (χ3n) is 4.95. The van der Waals surface area contributed by atoms with Crippen molar-refractivity contribution in [1.29, 1.82) is 0 Å². The second kappa shape index (κ2) is 8.54. The molecule has 1 amide bonds. The lowest BCUT2D eigenvalue weighted by Gasteiger charge is -2.12. The molecule has 1 unspecified atom stereocenters. The fraction of sp³-hybridized carbons (Fsp3) is 0.381. The number of nitrogens with zero attached hydrogens (tertiary/aromatic N) is 3. The molecule has 10 heteroatoms. The smallest absolute Gasteiger partial charge is 0.433 e. The molecule has 3 aromatic rings. The van der Waals surface area contributed by atoms with Gasteiger partial charge in [-0.25, -0.2) is 9.97 Å². The van der Waals surface area contributed by atoms with Gasteiger partial charge in [0.05, 0.1) is 12.3 Å². The molecule has 0 bridgehead atoms. The van der Waals surface area contributed by atoms with Gasteiger partial charge in [0.1, 0.15) is 28.5 Å². The summed E-state index contributed by atoms with van der Waals surface area (Å²) in [7, 11) is 0. The van der Waals surface area contributed by atoms with E-state index in [1.807, 2.05) is 6.20 Å². The molecule has 0 aromatic carbocycles. The molecular formula is C21H21F3N4O3. The Balaban J connectivity index is 1.61. The molecule has 0 radical (unpaired) electrons. The Morgan fingerprint density at radius 1 is 1.32 bits per heavy atom. The van der Waals surface area contributed by atoms with E-state index in [9.17, 15) is 18.0 Å². The Labute approximate surface area is 176 Å². The van der Waals surface area contributed by atoms with Crippen LogP contribution in [-0.4, -0.2) is 40.1 Å². The van der Waals surface area contributed by atoms with Crippen LogP contribution < -0.4 is 10.1 Å². The minimum Gasteiger partial charge on any atom is -0.491 e.